The van der Waals surface area contributed by atoms with Crippen molar-refractivity contribution in [1.29, 1.82) is 0 Å². The number of carbonyl (C=O) groups is 2. The molecule has 2 aromatic rings. The van der Waals surface area contributed by atoms with Gasteiger partial charge < -0.3 is 10.2 Å². The van der Waals surface area contributed by atoms with Gasteiger partial charge in [0.15, 0.2) is 0 Å². The molecule has 0 atom stereocenters. The predicted molar refractivity (Wildman–Crippen MR) is 115 cm³/mol. The Balaban J connectivity index is 1.34. The molecule has 150 valence electrons. The predicted octanol–water partition coefficient (Wildman–Crippen LogP) is 3.26. The molecule has 1 aliphatic heterocycles. The van der Waals surface area contributed by atoms with Gasteiger partial charge >= 0.3 is 0 Å². The fourth-order valence-electron chi connectivity index (χ4n) is 4.21. The van der Waals surface area contributed by atoms with Crippen LogP contribution in [0.3, 0.4) is 0 Å². The second-order valence-corrected chi connectivity index (χ2v) is 7.75. The molecule has 2 aromatic carbocycles. The summed E-state index contributed by atoms with van der Waals surface area (Å²) in [6, 6.07) is 14.0. The standard InChI is InChI=1S/C24H27N3O2/c1-2-23(28)27-15-13-26(14-16-27)17-18-9-11-20(12-10-18)24(29)25-22-8-4-6-19-5-3-7-21(19)22/h2,4,6,8-12H,1,3,5,7,13-17H2,(H,25,29). The number of carbonyl (C=O) groups excluding carboxylic acids is 2. The van der Waals surface area contributed by atoms with E-state index in [1.165, 1.54) is 22.8 Å². The molecule has 0 radical (unpaired) electrons. The number of aryl methyl sites for hydroxylation is 1. The third-order valence-electron chi connectivity index (χ3n) is 5.88. The number of hydrogen-bond acceptors (Lipinski definition) is 3. The SMILES string of the molecule is C=CC(=O)N1CCN(Cc2ccc(C(=O)Nc3cccc4c3CCC4)cc2)CC1. The van der Waals surface area contributed by atoms with Crippen LogP contribution in [0.25, 0.3) is 0 Å². The van der Waals surface area contributed by atoms with Crippen molar-refractivity contribution < 1.29 is 9.59 Å². The Morgan fingerprint density at radius 2 is 1.76 bits per heavy atom. The third kappa shape index (κ3) is 4.40. The zero-order chi connectivity index (χ0) is 20.2. The van der Waals surface area contributed by atoms with Crippen molar-refractivity contribution in [3.05, 3.63) is 77.4 Å². The molecule has 0 bridgehead atoms. The maximum atomic E-state index is 12.7. The molecule has 5 nitrogen and oxygen atoms in total. The highest BCUT2D eigenvalue weighted by atomic mass is 16.2. The van der Waals surface area contributed by atoms with Crippen molar-refractivity contribution in [2.24, 2.45) is 0 Å². The molecular weight excluding hydrogens is 362 g/mol. The van der Waals surface area contributed by atoms with Gasteiger partial charge in [-0.2, -0.15) is 0 Å². The summed E-state index contributed by atoms with van der Waals surface area (Å²) in [5.74, 6) is -0.0579. The second-order valence-electron chi connectivity index (χ2n) is 7.75. The van der Waals surface area contributed by atoms with Crippen LogP contribution in [-0.2, 0) is 24.2 Å². The Labute approximate surface area is 172 Å². The highest BCUT2D eigenvalue weighted by molar-refractivity contribution is 6.04. The number of rotatable bonds is 5. The zero-order valence-electron chi connectivity index (χ0n) is 16.7. The highest BCUT2D eigenvalue weighted by Gasteiger charge is 2.20. The summed E-state index contributed by atoms with van der Waals surface area (Å²) in [6.45, 7) is 7.53. The summed E-state index contributed by atoms with van der Waals surface area (Å²) in [6.07, 6.45) is 4.68. The first-order valence-corrected chi connectivity index (χ1v) is 10.3. The normalized spacial score (nSPS) is 16.3. The lowest BCUT2D eigenvalue weighted by molar-refractivity contribution is -0.127. The molecule has 1 N–H and O–H groups in total. The molecule has 29 heavy (non-hydrogen) atoms. The molecule has 2 aliphatic rings. The van der Waals surface area contributed by atoms with Crippen molar-refractivity contribution in [2.75, 3.05) is 31.5 Å². The van der Waals surface area contributed by atoms with Crippen molar-refractivity contribution in [2.45, 2.75) is 25.8 Å². The topological polar surface area (TPSA) is 52.7 Å². The molecule has 0 aromatic heterocycles. The van der Waals surface area contributed by atoms with E-state index in [2.05, 4.69) is 22.9 Å². The van der Waals surface area contributed by atoms with E-state index < -0.39 is 0 Å². The molecule has 1 fully saturated rings. The number of nitrogens with one attached hydrogen (secondary N) is 1. The van der Waals surface area contributed by atoms with Crippen LogP contribution in [0.4, 0.5) is 5.69 Å². The van der Waals surface area contributed by atoms with Gasteiger partial charge in [-0.3, -0.25) is 14.5 Å². The van der Waals surface area contributed by atoms with Crippen LogP contribution in [0.2, 0.25) is 0 Å². The Morgan fingerprint density at radius 3 is 2.48 bits per heavy atom. The Morgan fingerprint density at radius 1 is 1.00 bits per heavy atom. The van der Waals surface area contributed by atoms with Crippen LogP contribution in [0.1, 0.15) is 33.5 Å². The van der Waals surface area contributed by atoms with Gasteiger partial charge in [0.25, 0.3) is 5.91 Å². The van der Waals surface area contributed by atoms with Crippen molar-refractivity contribution in [1.82, 2.24) is 9.80 Å². The van der Waals surface area contributed by atoms with Crippen LogP contribution < -0.4 is 5.32 Å². The van der Waals surface area contributed by atoms with Gasteiger partial charge in [-0.25, -0.2) is 0 Å². The van der Waals surface area contributed by atoms with E-state index in [9.17, 15) is 9.59 Å². The van der Waals surface area contributed by atoms with Gasteiger partial charge in [-0.1, -0.05) is 30.8 Å². The number of hydrogen-bond donors (Lipinski definition) is 1. The number of amides is 2. The number of anilines is 1. The van der Waals surface area contributed by atoms with E-state index in [0.29, 0.717) is 5.56 Å². The molecule has 4 rings (SSSR count). The van der Waals surface area contributed by atoms with Crippen molar-refractivity contribution in [3.8, 4) is 0 Å². The molecule has 5 heteroatoms. The van der Waals surface area contributed by atoms with Crippen molar-refractivity contribution in [3.63, 3.8) is 0 Å². The largest absolute Gasteiger partial charge is 0.337 e. The Hall–Kier alpha value is -2.92. The quantitative estimate of drug-likeness (QED) is 0.799. The average Bonchev–Trinajstić information content (AvgIpc) is 3.24. The highest BCUT2D eigenvalue weighted by Crippen LogP contribution is 2.29. The molecule has 1 saturated heterocycles. The smallest absolute Gasteiger partial charge is 0.255 e. The fraction of sp³-hybridized carbons (Fsp3) is 0.333. The van der Waals surface area contributed by atoms with Gasteiger partial charge in [-0.15, -0.1) is 0 Å². The third-order valence-corrected chi connectivity index (χ3v) is 5.88. The minimum Gasteiger partial charge on any atom is -0.337 e. The molecule has 2 amide bonds. The van der Waals surface area contributed by atoms with Gasteiger partial charge in [0.2, 0.25) is 5.91 Å². The lowest BCUT2D eigenvalue weighted by Crippen LogP contribution is -2.47. The first kappa shape index (κ1) is 19.4. The number of piperazine rings is 1. The molecule has 0 saturated carbocycles. The summed E-state index contributed by atoms with van der Waals surface area (Å²) in [7, 11) is 0. The number of fused-ring (bicyclic) bond motifs is 1. The minimum absolute atomic E-state index is 0.00377. The monoisotopic (exact) mass is 389 g/mol. The fourth-order valence-corrected chi connectivity index (χ4v) is 4.21. The van der Waals surface area contributed by atoms with Crippen LogP contribution >= 0.6 is 0 Å². The molecule has 0 spiro atoms. The summed E-state index contributed by atoms with van der Waals surface area (Å²) >= 11 is 0. The summed E-state index contributed by atoms with van der Waals surface area (Å²) < 4.78 is 0. The second kappa shape index (κ2) is 8.62. The lowest BCUT2D eigenvalue weighted by Gasteiger charge is -2.34. The zero-order valence-corrected chi connectivity index (χ0v) is 16.7. The summed E-state index contributed by atoms with van der Waals surface area (Å²) in [4.78, 5) is 28.5. The Kier molecular flexibility index (Phi) is 5.76. The van der Waals surface area contributed by atoms with E-state index in [0.717, 1.165) is 57.7 Å². The minimum atomic E-state index is -0.0617. The van der Waals surface area contributed by atoms with Crippen LogP contribution in [-0.4, -0.2) is 47.8 Å². The first-order chi connectivity index (χ1) is 14.1. The van der Waals surface area contributed by atoms with E-state index in [4.69, 9.17) is 0 Å². The molecular formula is C24H27N3O2. The van der Waals surface area contributed by atoms with Gasteiger partial charge in [0, 0.05) is 44.0 Å². The van der Waals surface area contributed by atoms with E-state index in [1.54, 1.807) is 0 Å². The molecule has 0 unspecified atom stereocenters. The lowest BCUT2D eigenvalue weighted by atomic mass is 10.1. The number of nitrogens with zero attached hydrogens (tertiary/aromatic N) is 2. The molecule has 1 aliphatic carbocycles. The van der Waals surface area contributed by atoms with Crippen LogP contribution in [0.5, 0.6) is 0 Å². The maximum Gasteiger partial charge on any atom is 0.255 e. The van der Waals surface area contributed by atoms with Gasteiger partial charge in [0.05, 0.1) is 0 Å². The molecule has 1 heterocycles. The van der Waals surface area contributed by atoms with Crippen LogP contribution in [0, 0.1) is 0 Å². The van der Waals surface area contributed by atoms with Crippen molar-refractivity contribution >= 4 is 17.5 Å². The number of benzene rings is 2. The van der Waals surface area contributed by atoms with E-state index in [1.807, 2.05) is 41.3 Å². The average molecular weight is 389 g/mol. The maximum absolute atomic E-state index is 12.7. The Bertz CT molecular complexity index is 912. The van der Waals surface area contributed by atoms with E-state index in [-0.39, 0.29) is 11.8 Å². The summed E-state index contributed by atoms with van der Waals surface area (Å²) in [5, 5.41) is 3.09. The first-order valence-electron chi connectivity index (χ1n) is 10.3. The van der Waals surface area contributed by atoms with Crippen LogP contribution in [0.15, 0.2) is 55.1 Å². The van der Waals surface area contributed by atoms with Gasteiger partial charge in [0.1, 0.15) is 0 Å². The van der Waals surface area contributed by atoms with Gasteiger partial charge in [-0.05, 0) is 60.2 Å². The van der Waals surface area contributed by atoms with E-state index >= 15 is 0 Å². The summed E-state index contributed by atoms with van der Waals surface area (Å²) in [5.41, 5.74) is 5.43.